The average molecular weight is 362 g/mol. The van der Waals surface area contributed by atoms with Gasteiger partial charge >= 0.3 is 6.03 Å². The number of imide groups is 1. The molecule has 2 rings (SSSR count). The number of rotatable bonds is 8. The van der Waals surface area contributed by atoms with E-state index in [1.54, 1.807) is 18.0 Å². The maximum absolute atomic E-state index is 13.0. The lowest BCUT2D eigenvalue weighted by atomic mass is 10.0. The molecule has 0 aromatic carbocycles. The van der Waals surface area contributed by atoms with E-state index in [4.69, 9.17) is 0 Å². The molecule has 0 spiro atoms. The summed E-state index contributed by atoms with van der Waals surface area (Å²) in [4.78, 5) is 42.5. The van der Waals surface area contributed by atoms with Gasteiger partial charge in [-0.2, -0.15) is 0 Å². The SMILES string of the molecule is C=CCN(CCCCCC)C(=O)N1CC(=O)N(C)C(C2=CCNC2)C1=O. The molecule has 7 heteroatoms. The van der Waals surface area contributed by atoms with Crippen LogP contribution in [0.4, 0.5) is 4.79 Å². The Bertz CT molecular complexity index is 587. The first-order valence-electron chi connectivity index (χ1n) is 9.37. The Kier molecular flexibility index (Phi) is 7.38. The van der Waals surface area contributed by atoms with Crippen LogP contribution in [0.3, 0.4) is 0 Å². The molecule has 0 radical (unpaired) electrons. The van der Waals surface area contributed by atoms with Gasteiger partial charge in [-0.3, -0.25) is 14.5 Å². The van der Waals surface area contributed by atoms with Gasteiger partial charge in [-0.05, 0) is 12.0 Å². The summed E-state index contributed by atoms with van der Waals surface area (Å²) in [6.45, 7) is 7.81. The molecule has 2 heterocycles. The fraction of sp³-hybridized carbons (Fsp3) is 0.632. The van der Waals surface area contributed by atoms with Crippen molar-refractivity contribution >= 4 is 17.8 Å². The van der Waals surface area contributed by atoms with E-state index in [1.807, 2.05) is 6.08 Å². The topological polar surface area (TPSA) is 73.0 Å². The zero-order chi connectivity index (χ0) is 19.1. The van der Waals surface area contributed by atoms with Crippen molar-refractivity contribution in [3.05, 3.63) is 24.3 Å². The Morgan fingerprint density at radius 3 is 2.77 bits per heavy atom. The molecule has 7 nitrogen and oxygen atoms in total. The lowest BCUT2D eigenvalue weighted by molar-refractivity contribution is -0.150. The molecule has 0 bridgehead atoms. The third kappa shape index (κ3) is 4.52. The fourth-order valence-corrected chi connectivity index (χ4v) is 3.37. The normalized spacial score (nSPS) is 20.4. The number of hydrogen-bond acceptors (Lipinski definition) is 4. The van der Waals surface area contributed by atoms with Crippen molar-refractivity contribution in [1.82, 2.24) is 20.0 Å². The molecule has 0 aromatic rings. The molecule has 4 amide bonds. The van der Waals surface area contributed by atoms with Gasteiger partial charge in [0.2, 0.25) is 5.91 Å². The van der Waals surface area contributed by atoms with E-state index in [0.29, 0.717) is 26.2 Å². The number of carbonyl (C=O) groups excluding carboxylic acids is 3. The van der Waals surface area contributed by atoms with Gasteiger partial charge in [0.15, 0.2) is 0 Å². The van der Waals surface area contributed by atoms with Crippen LogP contribution in [0.15, 0.2) is 24.3 Å². The van der Waals surface area contributed by atoms with Crippen LogP contribution >= 0.6 is 0 Å². The smallest absolute Gasteiger partial charge is 0.327 e. The van der Waals surface area contributed by atoms with E-state index < -0.39 is 12.1 Å². The minimum absolute atomic E-state index is 0.200. The van der Waals surface area contributed by atoms with Gasteiger partial charge in [0.25, 0.3) is 5.91 Å². The van der Waals surface area contributed by atoms with Crippen molar-refractivity contribution in [2.75, 3.05) is 39.8 Å². The second-order valence-electron chi connectivity index (χ2n) is 6.82. The van der Waals surface area contributed by atoms with Crippen LogP contribution in [0.5, 0.6) is 0 Å². The number of hydrogen-bond donors (Lipinski definition) is 1. The largest absolute Gasteiger partial charge is 0.328 e. The zero-order valence-corrected chi connectivity index (χ0v) is 15.9. The predicted octanol–water partition coefficient (Wildman–Crippen LogP) is 1.37. The van der Waals surface area contributed by atoms with Crippen molar-refractivity contribution < 1.29 is 14.4 Å². The van der Waals surface area contributed by atoms with E-state index in [2.05, 4.69) is 18.8 Å². The van der Waals surface area contributed by atoms with Crippen molar-refractivity contribution in [2.24, 2.45) is 0 Å². The minimum Gasteiger partial charge on any atom is -0.328 e. The predicted molar refractivity (Wildman–Crippen MR) is 101 cm³/mol. The van der Waals surface area contributed by atoms with Crippen molar-refractivity contribution in [1.29, 1.82) is 0 Å². The fourth-order valence-electron chi connectivity index (χ4n) is 3.37. The number of unbranched alkanes of at least 4 members (excludes halogenated alkanes) is 3. The Morgan fingerprint density at radius 1 is 1.38 bits per heavy atom. The van der Waals surface area contributed by atoms with Crippen LogP contribution in [-0.4, -0.2) is 78.4 Å². The van der Waals surface area contributed by atoms with Gasteiger partial charge in [0.1, 0.15) is 12.6 Å². The number of nitrogens with zero attached hydrogens (tertiary/aromatic N) is 3. The summed E-state index contributed by atoms with van der Waals surface area (Å²) in [7, 11) is 1.62. The van der Waals surface area contributed by atoms with Crippen LogP contribution in [0.25, 0.3) is 0 Å². The maximum atomic E-state index is 13.0. The molecule has 1 unspecified atom stereocenters. The maximum Gasteiger partial charge on any atom is 0.327 e. The molecule has 0 aromatic heterocycles. The molecule has 2 aliphatic heterocycles. The zero-order valence-electron chi connectivity index (χ0n) is 15.9. The Labute approximate surface area is 155 Å². The molecule has 26 heavy (non-hydrogen) atoms. The molecular weight excluding hydrogens is 332 g/mol. The molecule has 2 aliphatic rings. The van der Waals surface area contributed by atoms with E-state index in [1.165, 1.54) is 4.90 Å². The number of carbonyl (C=O) groups is 3. The summed E-state index contributed by atoms with van der Waals surface area (Å²) in [6, 6.07) is -1.09. The van der Waals surface area contributed by atoms with E-state index >= 15 is 0 Å². The van der Waals surface area contributed by atoms with E-state index in [0.717, 1.165) is 36.2 Å². The molecular formula is C19H30N4O3. The highest BCUT2D eigenvalue weighted by molar-refractivity contribution is 6.06. The number of likely N-dealkylation sites (N-methyl/N-ethyl adjacent to an activating group) is 1. The number of amides is 4. The second-order valence-corrected chi connectivity index (χ2v) is 6.82. The Hall–Kier alpha value is -2.15. The van der Waals surface area contributed by atoms with Crippen LogP contribution < -0.4 is 5.32 Å². The third-order valence-corrected chi connectivity index (χ3v) is 4.90. The Morgan fingerprint density at radius 2 is 2.15 bits per heavy atom. The monoisotopic (exact) mass is 362 g/mol. The van der Waals surface area contributed by atoms with E-state index in [9.17, 15) is 14.4 Å². The first kappa shape index (κ1) is 20.2. The highest BCUT2D eigenvalue weighted by Crippen LogP contribution is 2.21. The number of piperazine rings is 1. The van der Waals surface area contributed by atoms with E-state index in [-0.39, 0.29) is 18.4 Å². The second kappa shape index (κ2) is 9.52. The summed E-state index contributed by atoms with van der Waals surface area (Å²) in [5.74, 6) is -0.546. The van der Waals surface area contributed by atoms with Gasteiger partial charge in [0.05, 0.1) is 0 Å². The lowest BCUT2D eigenvalue weighted by Gasteiger charge is -2.39. The van der Waals surface area contributed by atoms with Gasteiger partial charge in [-0.1, -0.05) is 38.3 Å². The van der Waals surface area contributed by atoms with Crippen LogP contribution in [0, 0.1) is 0 Å². The summed E-state index contributed by atoms with van der Waals surface area (Å²) in [5.41, 5.74) is 0.849. The number of urea groups is 1. The number of nitrogens with one attached hydrogen (secondary N) is 1. The van der Waals surface area contributed by atoms with Gasteiger partial charge in [-0.25, -0.2) is 4.79 Å². The van der Waals surface area contributed by atoms with Gasteiger partial charge in [0, 0.05) is 33.2 Å². The first-order valence-corrected chi connectivity index (χ1v) is 9.37. The first-order chi connectivity index (χ1) is 12.5. The molecule has 144 valence electrons. The molecule has 0 saturated carbocycles. The van der Waals surface area contributed by atoms with Crippen molar-refractivity contribution in [3.63, 3.8) is 0 Å². The van der Waals surface area contributed by atoms with Crippen LogP contribution in [0.1, 0.15) is 32.6 Å². The molecule has 1 saturated heterocycles. The highest BCUT2D eigenvalue weighted by Gasteiger charge is 2.43. The van der Waals surface area contributed by atoms with Gasteiger partial charge in [-0.15, -0.1) is 6.58 Å². The molecule has 1 N–H and O–H groups in total. The summed E-state index contributed by atoms with van der Waals surface area (Å²) in [6.07, 6.45) is 7.72. The standard InChI is InChI=1S/C19H30N4O3/c1-4-6-7-8-12-22(11-5-2)19(26)23-14-16(24)21(3)17(18(23)25)15-9-10-20-13-15/h5,9,17,20H,2,4,6-8,10-14H2,1,3H3. The third-order valence-electron chi connectivity index (χ3n) is 4.90. The summed E-state index contributed by atoms with van der Waals surface area (Å²) in [5, 5.41) is 3.14. The highest BCUT2D eigenvalue weighted by atomic mass is 16.2. The molecule has 0 aliphatic carbocycles. The minimum atomic E-state index is -0.694. The average Bonchev–Trinajstić information content (AvgIpc) is 3.14. The lowest BCUT2D eigenvalue weighted by Crippen LogP contribution is -2.62. The van der Waals surface area contributed by atoms with Gasteiger partial charge < -0.3 is 15.1 Å². The van der Waals surface area contributed by atoms with Crippen LogP contribution in [-0.2, 0) is 9.59 Å². The van der Waals surface area contributed by atoms with Crippen molar-refractivity contribution in [3.8, 4) is 0 Å². The molecule has 1 atom stereocenters. The quantitative estimate of drug-likeness (QED) is 0.523. The van der Waals surface area contributed by atoms with Crippen molar-refractivity contribution in [2.45, 2.75) is 38.6 Å². The summed E-state index contributed by atoms with van der Waals surface area (Å²) >= 11 is 0. The molecule has 1 fully saturated rings. The Balaban J connectivity index is 2.12. The summed E-state index contributed by atoms with van der Waals surface area (Å²) < 4.78 is 0. The van der Waals surface area contributed by atoms with Crippen LogP contribution in [0.2, 0.25) is 0 Å².